The highest BCUT2D eigenvalue weighted by atomic mass is 16.5. The van der Waals surface area contributed by atoms with Crippen molar-refractivity contribution in [3.63, 3.8) is 0 Å². The topological polar surface area (TPSA) is 35.5 Å². The number of esters is 1. The highest BCUT2D eigenvalue weighted by Gasteiger charge is 2.77. The summed E-state index contributed by atoms with van der Waals surface area (Å²) in [6, 6.07) is 0. The number of hydrogen-bond acceptors (Lipinski definition) is 3. The summed E-state index contributed by atoms with van der Waals surface area (Å²) in [4.78, 5) is 11.3. The van der Waals surface area contributed by atoms with Gasteiger partial charge in [0, 0.05) is 19.4 Å². The molecular formula is C25H40O3. The second kappa shape index (κ2) is 6.22. The molecule has 0 saturated heterocycles. The number of hydrogen-bond donors (Lipinski definition) is 0. The van der Waals surface area contributed by atoms with Gasteiger partial charge in [0.15, 0.2) is 0 Å². The minimum atomic E-state index is -0.135. The third-order valence-corrected chi connectivity index (χ3v) is 11.1. The fraction of sp³-hybridized carbons (Fsp3) is 0.960. The number of ether oxygens (including phenoxy) is 2. The van der Waals surface area contributed by atoms with E-state index in [9.17, 15) is 4.79 Å². The smallest absolute Gasteiger partial charge is 0.302 e. The second-order valence-corrected chi connectivity index (χ2v) is 11.7. The summed E-state index contributed by atoms with van der Waals surface area (Å²) >= 11 is 0. The van der Waals surface area contributed by atoms with Crippen LogP contribution in [0, 0.1) is 51.8 Å². The van der Waals surface area contributed by atoms with Gasteiger partial charge in [-0.25, -0.2) is 0 Å². The number of rotatable bonds is 4. The van der Waals surface area contributed by atoms with Gasteiger partial charge in [-0.15, -0.1) is 0 Å². The van der Waals surface area contributed by atoms with Crippen molar-refractivity contribution >= 4 is 5.97 Å². The summed E-state index contributed by atoms with van der Waals surface area (Å²) in [5.74, 6) is 4.57. The number of fused-ring (bicyclic) bond motifs is 4. The molecule has 0 N–H and O–H groups in total. The van der Waals surface area contributed by atoms with Crippen molar-refractivity contribution in [2.75, 3.05) is 13.7 Å². The molecule has 0 bridgehead atoms. The van der Waals surface area contributed by atoms with Crippen LogP contribution in [0.4, 0.5) is 0 Å². The average Bonchev–Trinajstić information content (AvgIpc) is 3.16. The Balaban J connectivity index is 1.40. The molecule has 0 heterocycles. The summed E-state index contributed by atoms with van der Waals surface area (Å²) < 4.78 is 11.6. The zero-order valence-corrected chi connectivity index (χ0v) is 18.6. The summed E-state index contributed by atoms with van der Waals surface area (Å²) in [6.45, 7) is 9.68. The van der Waals surface area contributed by atoms with E-state index in [4.69, 9.17) is 9.47 Å². The normalized spacial score (nSPS) is 54.9. The molecule has 5 fully saturated rings. The molecular weight excluding hydrogens is 348 g/mol. The first-order valence-electron chi connectivity index (χ1n) is 11.9. The van der Waals surface area contributed by atoms with Gasteiger partial charge in [-0.05, 0) is 97.7 Å². The monoisotopic (exact) mass is 388 g/mol. The van der Waals surface area contributed by atoms with Crippen molar-refractivity contribution in [1.29, 1.82) is 0 Å². The number of carbonyl (C=O) groups is 1. The lowest BCUT2D eigenvalue weighted by Gasteiger charge is -2.61. The van der Waals surface area contributed by atoms with E-state index in [-0.39, 0.29) is 5.97 Å². The quantitative estimate of drug-likeness (QED) is 0.599. The van der Waals surface area contributed by atoms with Gasteiger partial charge in [-0.3, -0.25) is 4.79 Å². The largest absolute Gasteiger partial charge is 0.466 e. The fourth-order valence-corrected chi connectivity index (χ4v) is 9.92. The highest BCUT2D eigenvalue weighted by Crippen LogP contribution is 2.82. The Hall–Kier alpha value is -0.570. The molecule has 0 radical (unpaired) electrons. The summed E-state index contributed by atoms with van der Waals surface area (Å²) in [5, 5.41) is 0. The molecule has 0 aromatic carbocycles. The molecule has 28 heavy (non-hydrogen) atoms. The van der Waals surface area contributed by atoms with Gasteiger partial charge in [0.25, 0.3) is 0 Å². The van der Waals surface area contributed by atoms with E-state index >= 15 is 0 Å². The SMILES string of the molecule is CO[C@@H]1C[C@H]2[C@@H]3CC[C@H]([C@@H](C)COC(C)=O)[C@@]3(C)CC[C@@H]2[C@@]2(C)CC[C@@H]3C[C@]312. The highest BCUT2D eigenvalue weighted by molar-refractivity contribution is 5.65. The van der Waals surface area contributed by atoms with E-state index in [1.807, 2.05) is 7.11 Å². The average molecular weight is 389 g/mol. The van der Waals surface area contributed by atoms with Crippen LogP contribution >= 0.6 is 0 Å². The van der Waals surface area contributed by atoms with Gasteiger partial charge < -0.3 is 9.47 Å². The molecule has 3 nitrogen and oxygen atoms in total. The van der Waals surface area contributed by atoms with Crippen LogP contribution in [0.2, 0.25) is 0 Å². The second-order valence-electron chi connectivity index (χ2n) is 11.7. The van der Waals surface area contributed by atoms with Crippen molar-refractivity contribution in [1.82, 2.24) is 0 Å². The zero-order chi connectivity index (χ0) is 19.9. The van der Waals surface area contributed by atoms with Crippen LogP contribution in [0.3, 0.4) is 0 Å². The predicted octanol–water partition coefficient (Wildman–Crippen LogP) is 5.47. The molecule has 5 aliphatic carbocycles. The van der Waals surface area contributed by atoms with Crippen molar-refractivity contribution < 1.29 is 14.3 Å². The molecule has 10 atom stereocenters. The maximum atomic E-state index is 11.3. The van der Waals surface area contributed by atoms with E-state index in [0.29, 0.717) is 40.8 Å². The lowest BCUT2D eigenvalue weighted by atomic mass is 9.45. The first kappa shape index (κ1) is 19.4. The third-order valence-electron chi connectivity index (χ3n) is 11.1. The molecule has 5 saturated carbocycles. The van der Waals surface area contributed by atoms with Gasteiger partial charge >= 0.3 is 5.97 Å². The van der Waals surface area contributed by atoms with E-state index in [1.165, 1.54) is 58.3 Å². The van der Waals surface area contributed by atoms with Crippen molar-refractivity contribution in [2.24, 2.45) is 51.8 Å². The molecule has 0 aliphatic heterocycles. The molecule has 1 spiro atoms. The third kappa shape index (κ3) is 2.29. The van der Waals surface area contributed by atoms with Crippen molar-refractivity contribution in [2.45, 2.75) is 85.2 Å². The van der Waals surface area contributed by atoms with Gasteiger partial charge in [0.1, 0.15) is 0 Å². The van der Waals surface area contributed by atoms with Gasteiger partial charge in [0.05, 0.1) is 12.7 Å². The minimum Gasteiger partial charge on any atom is -0.466 e. The fourth-order valence-electron chi connectivity index (χ4n) is 9.92. The first-order valence-corrected chi connectivity index (χ1v) is 11.9. The van der Waals surface area contributed by atoms with Crippen molar-refractivity contribution in [3.05, 3.63) is 0 Å². The summed E-state index contributed by atoms with van der Waals surface area (Å²) in [5.41, 5.74) is 1.46. The van der Waals surface area contributed by atoms with E-state index < -0.39 is 0 Å². The Kier molecular flexibility index (Phi) is 4.31. The van der Waals surface area contributed by atoms with E-state index in [1.54, 1.807) is 0 Å². The van der Waals surface area contributed by atoms with Crippen LogP contribution in [-0.2, 0) is 14.3 Å². The summed E-state index contributed by atoms with van der Waals surface area (Å²) in [7, 11) is 1.98. The minimum absolute atomic E-state index is 0.135. The van der Waals surface area contributed by atoms with E-state index in [0.717, 1.165) is 23.7 Å². The Morgan fingerprint density at radius 2 is 1.89 bits per heavy atom. The molecule has 0 aromatic heterocycles. The molecule has 3 heteroatoms. The van der Waals surface area contributed by atoms with Crippen molar-refractivity contribution in [3.8, 4) is 0 Å². The van der Waals surface area contributed by atoms with Gasteiger partial charge in [-0.2, -0.15) is 0 Å². The van der Waals surface area contributed by atoms with Crippen LogP contribution in [0.5, 0.6) is 0 Å². The maximum absolute atomic E-state index is 11.3. The summed E-state index contributed by atoms with van der Waals surface area (Å²) in [6.07, 6.45) is 11.6. The Bertz CT molecular complexity index is 660. The molecule has 158 valence electrons. The van der Waals surface area contributed by atoms with Crippen LogP contribution in [0.25, 0.3) is 0 Å². The predicted molar refractivity (Wildman–Crippen MR) is 110 cm³/mol. The number of methoxy groups -OCH3 is 1. The molecule has 5 aliphatic rings. The lowest BCUT2D eigenvalue weighted by Crippen LogP contribution is -2.57. The van der Waals surface area contributed by atoms with Crippen LogP contribution in [0.1, 0.15) is 79.1 Å². The molecule has 0 aromatic rings. The lowest BCUT2D eigenvalue weighted by molar-refractivity contribution is -0.162. The van der Waals surface area contributed by atoms with Gasteiger partial charge in [0.2, 0.25) is 0 Å². The Labute approximate surface area is 171 Å². The van der Waals surface area contributed by atoms with Crippen LogP contribution in [0.15, 0.2) is 0 Å². The Morgan fingerprint density at radius 3 is 2.57 bits per heavy atom. The Morgan fingerprint density at radius 1 is 1.11 bits per heavy atom. The van der Waals surface area contributed by atoms with Crippen LogP contribution < -0.4 is 0 Å². The first-order chi connectivity index (χ1) is 13.3. The van der Waals surface area contributed by atoms with E-state index in [2.05, 4.69) is 20.8 Å². The molecule has 0 unspecified atom stereocenters. The standard InChI is InChI=1S/C25H40O3/c1-15(14-28-16(2)26)19-6-7-20-18-12-22(27-5)25-13-17(25)8-11-24(25,4)21(18)9-10-23(19,20)3/h15,17-22H,6-14H2,1-5H3/t15-,17+,18-,19+,20-,21-,22+,23+,24+,25-/m0/s1. The van der Waals surface area contributed by atoms with Crippen LogP contribution in [-0.4, -0.2) is 25.8 Å². The van der Waals surface area contributed by atoms with Gasteiger partial charge in [-0.1, -0.05) is 20.8 Å². The molecule has 5 rings (SSSR count). The molecule has 0 amide bonds. The maximum Gasteiger partial charge on any atom is 0.302 e. The zero-order valence-electron chi connectivity index (χ0n) is 18.6. The number of carbonyl (C=O) groups excluding carboxylic acids is 1.